The summed E-state index contributed by atoms with van der Waals surface area (Å²) in [5.41, 5.74) is -1.81. The van der Waals surface area contributed by atoms with E-state index < -0.39 is 107 Å². The van der Waals surface area contributed by atoms with Crippen molar-refractivity contribution >= 4 is 23.7 Å². The average Bonchev–Trinajstić information content (AvgIpc) is 3.13. The fourth-order valence-electron chi connectivity index (χ4n) is 13.4. The zero-order valence-corrected chi connectivity index (χ0v) is 42.6. The van der Waals surface area contributed by atoms with Crippen LogP contribution in [0.15, 0.2) is 11.6 Å². The van der Waals surface area contributed by atoms with E-state index >= 15 is 0 Å². The van der Waals surface area contributed by atoms with Crippen LogP contribution in [0.4, 0.5) is 0 Å². The Labute approximate surface area is 438 Å². The molecule has 2 aliphatic heterocycles. The van der Waals surface area contributed by atoms with Gasteiger partial charge >= 0.3 is 121 Å². The molecule has 2 saturated heterocycles. The molecule has 19 atom stereocenters. The van der Waals surface area contributed by atoms with E-state index in [1.165, 1.54) is 0 Å². The van der Waals surface area contributed by atoms with E-state index in [0.29, 0.717) is 25.7 Å². The molecule has 0 unspecified atom stereocenters. The Morgan fingerprint density at radius 3 is 1.85 bits per heavy atom. The molecule has 0 amide bonds. The smallest absolute Gasteiger partial charge is 1.00 e. The van der Waals surface area contributed by atoms with Crippen molar-refractivity contribution in [3.63, 3.8) is 0 Å². The number of rotatable bonds is 7. The van der Waals surface area contributed by atoms with E-state index in [0.717, 1.165) is 37.7 Å². The average molecular weight is 903 g/mol. The molecule has 4 saturated carbocycles. The molecule has 7 rings (SSSR count). The van der Waals surface area contributed by atoms with Crippen molar-refractivity contribution < 1.29 is 185 Å². The van der Waals surface area contributed by atoms with Gasteiger partial charge in [-0.3, -0.25) is 9.59 Å². The predicted octanol–water partition coefficient (Wildman–Crippen LogP) is -3.52. The number of carbonyl (C=O) groups is 4. The molecular formula is C42H64K2O16. The molecule has 0 radical (unpaired) electrons. The van der Waals surface area contributed by atoms with Crippen LogP contribution >= 0.6 is 0 Å². The monoisotopic (exact) mass is 902 g/mol. The van der Waals surface area contributed by atoms with Crippen LogP contribution in [0, 0.1) is 50.2 Å². The van der Waals surface area contributed by atoms with Gasteiger partial charge in [0.15, 0.2) is 30.6 Å². The van der Waals surface area contributed by atoms with Gasteiger partial charge in [-0.15, -0.1) is 0 Å². The zero-order valence-electron chi connectivity index (χ0n) is 38.4. The Balaban J connectivity index is 0.00000256. The number of aliphatic hydroxyl groups excluding tert-OH is 5. The van der Waals surface area contributed by atoms with Gasteiger partial charge in [0.2, 0.25) is 0 Å². The zero-order chi connectivity index (χ0) is 42.9. The fraction of sp³-hybridized carbons (Fsp3) is 0.857. The molecule has 0 bridgehead atoms. The number of ether oxygens (including phenoxy) is 4. The van der Waals surface area contributed by atoms with Crippen molar-refractivity contribution in [1.82, 2.24) is 0 Å². The van der Waals surface area contributed by atoms with Crippen molar-refractivity contribution in [2.45, 2.75) is 174 Å². The number of carbonyl (C=O) groups excluding carboxylic acids is 1. The number of aliphatic carboxylic acids is 3. The molecule has 0 aromatic rings. The Kier molecular flexibility index (Phi) is 15.3. The molecule has 330 valence electrons. The fourth-order valence-corrected chi connectivity index (χ4v) is 13.4. The number of allylic oxidation sites excluding steroid dienone is 2. The SMILES string of the molecule is CC1(C)[C@@H](O[C@H]2O[C@H](C(=O)O)[C@@H](O)[C@H](O)[C@H]2O[C@@H]2O[C@H](C(=O)O)[C@@H](O)[C@H](O)[C@H]2O)CC[C@]2(C)[C@H]3C(=O)C=C4[C@@H]5C[C@@](C)(C(=O)O)CC[C@]5(C)CC[C@@]4(C)[C@]3(C)CC[C@@H]12.[H-].[H-].[K+].[K+]. The number of hydrogen-bond donors (Lipinski definition) is 8. The molecule has 2 heterocycles. The van der Waals surface area contributed by atoms with Gasteiger partial charge in [-0.2, -0.15) is 0 Å². The second-order valence-corrected chi connectivity index (χ2v) is 20.6. The van der Waals surface area contributed by atoms with Crippen molar-refractivity contribution in [2.75, 3.05) is 0 Å². The Hall–Kier alpha value is 0.733. The third kappa shape index (κ3) is 7.97. The molecule has 60 heavy (non-hydrogen) atoms. The number of ketones is 1. The van der Waals surface area contributed by atoms with E-state index in [4.69, 9.17) is 18.9 Å². The number of carboxylic acid groups (broad SMARTS) is 3. The van der Waals surface area contributed by atoms with Crippen molar-refractivity contribution in [3.05, 3.63) is 11.6 Å². The van der Waals surface area contributed by atoms with Crippen LogP contribution in [0.5, 0.6) is 0 Å². The Bertz CT molecular complexity index is 1760. The maximum Gasteiger partial charge on any atom is 1.00 e. The molecule has 8 N–H and O–H groups in total. The first-order chi connectivity index (χ1) is 26.8. The molecule has 6 fully saturated rings. The standard InChI is InChI=1S/C42H62O16.2K.2H/c1-37(2)21-8-11-42(7)31(20(43)16-18-19-17-39(4,36(53)54)13-12-38(19,3)14-15-41(18,42)6)40(21,5)10-9-22(37)55-35-30(26(47)25(46)29(57-35)33(51)52)58-34-27(48)23(44)24(45)28(56-34)32(49)50;;;;/h16,19,21-31,34-35,44-48H,8-15,17H2,1-7H3,(H,49,50)(H,51,52)(H,53,54);;;;/q;2*+1;2*-1/t19-,21-,22-,23-,24-,25-,26-,27+,28-,29-,30+,31+,34-,35-,38+,39-,40-,41+,42+;;;;/m0..../s1. The van der Waals surface area contributed by atoms with E-state index in [2.05, 4.69) is 27.7 Å². The van der Waals surface area contributed by atoms with Gasteiger partial charge in [-0.05, 0) is 110 Å². The first-order valence-corrected chi connectivity index (χ1v) is 20.7. The normalized spacial score (nSPS) is 50.8. The van der Waals surface area contributed by atoms with Crippen LogP contribution in [-0.4, -0.2) is 132 Å². The van der Waals surface area contributed by atoms with Crippen LogP contribution in [0.1, 0.15) is 109 Å². The van der Waals surface area contributed by atoms with Crippen molar-refractivity contribution in [3.8, 4) is 0 Å². The van der Waals surface area contributed by atoms with Crippen molar-refractivity contribution in [2.24, 2.45) is 50.2 Å². The summed E-state index contributed by atoms with van der Waals surface area (Å²) in [5.74, 6) is -4.47. The third-order valence-corrected chi connectivity index (χ3v) is 17.2. The summed E-state index contributed by atoms with van der Waals surface area (Å²) in [6.07, 6.45) is -12.2. The number of fused-ring (bicyclic) bond motifs is 7. The Morgan fingerprint density at radius 2 is 1.27 bits per heavy atom. The topological polar surface area (TPSA) is 267 Å². The maximum atomic E-state index is 14.8. The second kappa shape index (κ2) is 17.8. The molecular weight excluding hydrogens is 839 g/mol. The second-order valence-electron chi connectivity index (χ2n) is 20.6. The van der Waals surface area contributed by atoms with Gasteiger partial charge in [-0.1, -0.05) is 47.1 Å². The molecule has 5 aliphatic carbocycles. The van der Waals surface area contributed by atoms with E-state index in [-0.39, 0.29) is 140 Å². The first kappa shape index (κ1) is 51.7. The van der Waals surface area contributed by atoms with Gasteiger partial charge in [0.05, 0.1) is 11.5 Å². The molecule has 0 spiro atoms. The molecule has 7 aliphatic rings. The molecule has 0 aromatic heterocycles. The van der Waals surface area contributed by atoms with Gasteiger partial charge < -0.3 is 62.7 Å². The minimum absolute atomic E-state index is 0. The van der Waals surface area contributed by atoms with E-state index in [9.17, 15) is 60.0 Å². The largest absolute Gasteiger partial charge is 1.00 e. The van der Waals surface area contributed by atoms with Gasteiger partial charge in [0.25, 0.3) is 0 Å². The van der Waals surface area contributed by atoms with Gasteiger partial charge in [-0.25, -0.2) is 9.59 Å². The van der Waals surface area contributed by atoms with E-state index in [1.807, 2.05) is 26.8 Å². The molecule has 16 nitrogen and oxygen atoms in total. The quantitative estimate of drug-likeness (QED) is 0.0910. The summed E-state index contributed by atoms with van der Waals surface area (Å²) in [4.78, 5) is 51.3. The summed E-state index contributed by atoms with van der Waals surface area (Å²) in [5, 5.41) is 83.0. The van der Waals surface area contributed by atoms with Gasteiger partial charge in [0, 0.05) is 5.92 Å². The molecule has 0 aromatic carbocycles. The number of carboxylic acids is 3. The minimum Gasteiger partial charge on any atom is -1.00 e. The first-order valence-electron chi connectivity index (χ1n) is 20.7. The van der Waals surface area contributed by atoms with Crippen LogP contribution in [0.3, 0.4) is 0 Å². The summed E-state index contributed by atoms with van der Waals surface area (Å²) in [6.45, 7) is 14.8. The maximum absolute atomic E-state index is 14.8. The molecule has 18 heteroatoms. The minimum atomic E-state index is -2.05. The number of aliphatic hydroxyl groups is 5. The van der Waals surface area contributed by atoms with Crippen molar-refractivity contribution in [1.29, 1.82) is 0 Å². The summed E-state index contributed by atoms with van der Waals surface area (Å²) in [6, 6.07) is 0. The van der Waals surface area contributed by atoms with E-state index in [1.54, 1.807) is 0 Å². The Morgan fingerprint density at radius 1 is 0.700 bits per heavy atom. The summed E-state index contributed by atoms with van der Waals surface area (Å²) >= 11 is 0. The van der Waals surface area contributed by atoms with Crippen LogP contribution in [-0.2, 0) is 38.1 Å². The summed E-state index contributed by atoms with van der Waals surface area (Å²) < 4.78 is 23.4. The van der Waals surface area contributed by atoms with Crippen LogP contribution in [0.2, 0.25) is 0 Å². The van der Waals surface area contributed by atoms with Gasteiger partial charge in [0.1, 0.15) is 36.6 Å². The predicted molar refractivity (Wildman–Crippen MR) is 202 cm³/mol. The van der Waals surface area contributed by atoms with Crippen LogP contribution < -0.4 is 103 Å². The van der Waals surface area contributed by atoms with Crippen LogP contribution in [0.25, 0.3) is 0 Å². The number of hydrogen-bond acceptors (Lipinski definition) is 13. The summed E-state index contributed by atoms with van der Waals surface area (Å²) in [7, 11) is 0. The third-order valence-electron chi connectivity index (χ3n) is 17.2.